The normalized spacial score (nSPS) is 12.3. The zero-order valence-corrected chi connectivity index (χ0v) is 20.0. The van der Waals surface area contributed by atoms with Crippen LogP contribution in [0.2, 0.25) is 10.0 Å². The zero-order chi connectivity index (χ0) is 26.0. The van der Waals surface area contributed by atoms with Crippen LogP contribution in [0, 0.1) is 0 Å². The van der Waals surface area contributed by atoms with E-state index in [-0.39, 0.29) is 32.1 Å². The first kappa shape index (κ1) is 24.9. The Labute approximate surface area is 206 Å². The Bertz CT molecular complexity index is 1830. The van der Waals surface area contributed by atoms with Crippen molar-refractivity contribution >= 4 is 66.1 Å². The van der Waals surface area contributed by atoms with Crippen LogP contribution in [0.25, 0.3) is 33.4 Å². The van der Waals surface area contributed by atoms with Crippen LogP contribution in [0.1, 0.15) is 10.4 Å². The molecule has 0 radical (unpaired) electrons. The average Bonchev–Trinajstić information content (AvgIpc) is 2.71. The second-order valence-corrected chi connectivity index (χ2v) is 10.6. The SMILES string of the molecule is Nc1ccc2c(-c3c(Cl)ccc(Cl)c3C(=O)O)c3ccc(=[NH2+])c(S(=O)(=O)[O-])c-3oc2c1S(=O)(=O)[O-]. The van der Waals surface area contributed by atoms with Crippen LogP contribution in [-0.2, 0) is 20.2 Å². The molecule has 0 atom stereocenters. The van der Waals surface area contributed by atoms with Crippen LogP contribution in [-0.4, -0.2) is 37.0 Å². The molecule has 1 aliphatic heterocycles. The third-order valence-electron chi connectivity index (χ3n) is 5.10. The van der Waals surface area contributed by atoms with Crippen molar-refractivity contribution in [2.45, 2.75) is 9.79 Å². The molecule has 15 heteroatoms. The number of nitrogens with two attached hydrogens (primary N) is 2. The van der Waals surface area contributed by atoms with Gasteiger partial charge >= 0.3 is 5.97 Å². The van der Waals surface area contributed by atoms with E-state index in [1.165, 1.54) is 24.3 Å². The van der Waals surface area contributed by atoms with E-state index >= 15 is 0 Å². The number of nitrogen functional groups attached to an aromatic ring is 1. The molecule has 182 valence electrons. The summed E-state index contributed by atoms with van der Waals surface area (Å²) in [4.78, 5) is 9.97. The monoisotopic (exact) mass is 557 g/mol. The maximum Gasteiger partial charge on any atom is 0.337 e. The van der Waals surface area contributed by atoms with Crippen molar-refractivity contribution in [1.29, 1.82) is 0 Å². The number of carboxylic acid groups (broad SMARTS) is 1. The number of carboxylic acids is 1. The maximum absolute atomic E-state index is 12.1. The van der Waals surface area contributed by atoms with E-state index in [0.717, 1.165) is 12.1 Å². The summed E-state index contributed by atoms with van der Waals surface area (Å²) >= 11 is 12.5. The number of carbonyl (C=O) groups is 1. The molecule has 0 spiro atoms. The van der Waals surface area contributed by atoms with E-state index in [2.05, 4.69) is 0 Å². The number of rotatable bonds is 4. The predicted octanol–water partition coefficient (Wildman–Crippen LogP) is 1.26. The van der Waals surface area contributed by atoms with Gasteiger partial charge in [0.05, 0.1) is 16.3 Å². The Morgan fingerprint density at radius 1 is 0.914 bits per heavy atom. The fourth-order valence-corrected chi connectivity index (χ4v) is 5.75. The summed E-state index contributed by atoms with van der Waals surface area (Å²) in [5, 5.41) is 14.4. The highest BCUT2D eigenvalue weighted by molar-refractivity contribution is 7.86. The summed E-state index contributed by atoms with van der Waals surface area (Å²) < 4.78 is 77.8. The molecule has 2 aromatic carbocycles. The summed E-state index contributed by atoms with van der Waals surface area (Å²) in [6, 6.07) is 6.98. The fourth-order valence-electron chi connectivity index (χ4n) is 3.79. The predicted molar refractivity (Wildman–Crippen MR) is 121 cm³/mol. The quantitative estimate of drug-likeness (QED) is 0.185. The van der Waals surface area contributed by atoms with Gasteiger partial charge in [-0.1, -0.05) is 23.2 Å². The molecular formula is C20H11Cl2N2O9S2-. The van der Waals surface area contributed by atoms with E-state index in [4.69, 9.17) is 38.8 Å². The minimum Gasteiger partial charge on any atom is -0.744 e. The van der Waals surface area contributed by atoms with Gasteiger partial charge in [0.2, 0.25) is 5.36 Å². The molecule has 0 saturated carbocycles. The number of hydrogen-bond acceptors (Lipinski definition) is 9. The minimum atomic E-state index is -5.33. The van der Waals surface area contributed by atoms with Gasteiger partial charge < -0.3 is 24.4 Å². The molecule has 4 rings (SSSR count). The van der Waals surface area contributed by atoms with Gasteiger partial charge in [0.15, 0.2) is 16.2 Å². The average molecular weight is 558 g/mol. The van der Waals surface area contributed by atoms with Crippen molar-refractivity contribution in [1.82, 2.24) is 0 Å². The Morgan fingerprint density at radius 2 is 1.51 bits per heavy atom. The number of anilines is 1. The van der Waals surface area contributed by atoms with E-state index in [1.807, 2.05) is 0 Å². The summed E-state index contributed by atoms with van der Waals surface area (Å²) in [6.45, 7) is 0. The molecule has 0 saturated heterocycles. The van der Waals surface area contributed by atoms with Crippen LogP contribution < -0.4 is 16.5 Å². The van der Waals surface area contributed by atoms with Gasteiger partial charge in [0, 0.05) is 33.2 Å². The molecule has 2 aliphatic rings. The largest absolute Gasteiger partial charge is 0.744 e. The molecule has 1 heterocycles. The highest BCUT2D eigenvalue weighted by Crippen LogP contribution is 2.48. The van der Waals surface area contributed by atoms with Crippen molar-refractivity contribution < 1.29 is 45.7 Å². The Balaban J connectivity index is 2.45. The first-order chi connectivity index (χ1) is 16.1. The zero-order valence-electron chi connectivity index (χ0n) is 16.9. The van der Waals surface area contributed by atoms with Gasteiger partial charge in [0.1, 0.15) is 25.1 Å². The van der Waals surface area contributed by atoms with E-state index in [9.17, 15) is 35.8 Å². The Kier molecular flexibility index (Phi) is 5.83. The summed E-state index contributed by atoms with van der Waals surface area (Å²) in [6.07, 6.45) is 0. The van der Waals surface area contributed by atoms with Crippen LogP contribution in [0.4, 0.5) is 5.69 Å². The van der Waals surface area contributed by atoms with E-state index in [1.54, 1.807) is 0 Å². The smallest absolute Gasteiger partial charge is 0.337 e. The molecule has 0 unspecified atom stereocenters. The van der Waals surface area contributed by atoms with Gasteiger partial charge in [-0.25, -0.2) is 21.6 Å². The topological polar surface area (TPSA) is 216 Å². The Hall–Kier alpha value is -3.20. The van der Waals surface area contributed by atoms with Crippen molar-refractivity contribution in [3.8, 4) is 22.5 Å². The molecule has 35 heavy (non-hydrogen) atoms. The number of aromatic carboxylic acids is 1. The third-order valence-corrected chi connectivity index (χ3v) is 7.57. The first-order valence-electron chi connectivity index (χ1n) is 9.18. The van der Waals surface area contributed by atoms with Gasteiger partial charge in [-0.2, -0.15) is 0 Å². The molecule has 0 bridgehead atoms. The summed E-state index contributed by atoms with van der Waals surface area (Å²) in [7, 11) is -10.7. The number of fused-ring (bicyclic) bond motifs is 2. The first-order valence-corrected chi connectivity index (χ1v) is 12.8. The van der Waals surface area contributed by atoms with Gasteiger partial charge in [-0.3, -0.25) is 5.41 Å². The fraction of sp³-hybridized carbons (Fsp3) is 0. The van der Waals surface area contributed by atoms with Crippen LogP contribution in [0.5, 0.6) is 0 Å². The molecule has 0 amide bonds. The third kappa shape index (κ3) is 4.01. The number of benzene rings is 3. The van der Waals surface area contributed by atoms with Crippen molar-refractivity contribution in [2.75, 3.05) is 5.73 Å². The van der Waals surface area contributed by atoms with Gasteiger partial charge in [-0.05, 0) is 30.3 Å². The van der Waals surface area contributed by atoms with Crippen molar-refractivity contribution in [3.05, 3.63) is 57.4 Å². The Morgan fingerprint density at radius 3 is 2.09 bits per heavy atom. The molecule has 0 aromatic heterocycles. The molecule has 11 nitrogen and oxygen atoms in total. The van der Waals surface area contributed by atoms with Crippen molar-refractivity contribution in [3.63, 3.8) is 0 Å². The lowest BCUT2D eigenvalue weighted by Gasteiger charge is -2.22. The van der Waals surface area contributed by atoms with Gasteiger partial charge in [-0.15, -0.1) is 0 Å². The van der Waals surface area contributed by atoms with Crippen molar-refractivity contribution in [2.24, 2.45) is 0 Å². The molecular weight excluding hydrogens is 547 g/mol. The molecule has 1 aliphatic carbocycles. The lowest BCUT2D eigenvalue weighted by Crippen LogP contribution is -2.47. The summed E-state index contributed by atoms with van der Waals surface area (Å²) in [5.74, 6) is -2.28. The lowest BCUT2D eigenvalue weighted by molar-refractivity contribution is -0.176. The highest BCUT2D eigenvalue weighted by Gasteiger charge is 2.31. The second-order valence-electron chi connectivity index (χ2n) is 7.19. The van der Waals surface area contributed by atoms with Crippen LogP contribution in [0.15, 0.2) is 50.6 Å². The van der Waals surface area contributed by atoms with E-state index < -0.39 is 63.9 Å². The molecule has 0 fully saturated rings. The summed E-state index contributed by atoms with van der Waals surface area (Å²) in [5.41, 5.74) is 3.24. The molecule has 2 aromatic rings. The van der Waals surface area contributed by atoms with E-state index in [0.29, 0.717) is 0 Å². The second kappa shape index (κ2) is 8.19. The number of hydrogen-bond donors (Lipinski definition) is 3. The standard InChI is InChI=1S/C20H12Cl2N2O9S2/c21-9-3-4-10(22)15(20(25)26)14(9)13-7-1-5-11(23)18(34(27,28)29)16(7)33-17-8(13)2-6-12(24)19(17)35(30,31)32/h1-6,23H,24H2,(H,25,26)(H,27,28,29)(H,30,31,32)/p-1. The van der Waals surface area contributed by atoms with Crippen LogP contribution >= 0.6 is 23.2 Å². The minimum absolute atomic E-state index is 0.188. The van der Waals surface area contributed by atoms with Gasteiger partial charge in [0.25, 0.3) is 0 Å². The highest BCUT2D eigenvalue weighted by atomic mass is 35.5. The maximum atomic E-state index is 12.1. The molecule has 5 N–H and O–H groups in total. The van der Waals surface area contributed by atoms with Crippen LogP contribution in [0.3, 0.4) is 0 Å². The lowest BCUT2D eigenvalue weighted by atomic mass is 9.90. The number of halogens is 2.